The number of nitrogens with one attached hydrogen (secondary N) is 1. The molecule has 5 nitrogen and oxygen atoms in total. The lowest BCUT2D eigenvalue weighted by atomic mass is 10.1. The molecule has 0 aliphatic carbocycles. The topological polar surface area (TPSA) is 84.9 Å². The maximum atomic E-state index is 7.48. The Morgan fingerprint density at radius 1 is 1.25 bits per heavy atom. The molecule has 104 valence electrons. The van der Waals surface area contributed by atoms with E-state index in [0.717, 1.165) is 6.42 Å². The Bertz CT molecular complexity index is 581. The molecule has 1 aromatic carbocycles. The zero-order valence-corrected chi connectivity index (χ0v) is 11.5. The number of rotatable bonds is 6. The summed E-state index contributed by atoms with van der Waals surface area (Å²) in [4.78, 5) is 0. The lowest BCUT2D eigenvalue weighted by molar-refractivity contribution is 0.453. The molecular formula is C15H18N4O. The fraction of sp³-hybridized carbons (Fsp3) is 0.267. The first kappa shape index (κ1) is 14.0. The first-order chi connectivity index (χ1) is 9.70. The van der Waals surface area contributed by atoms with Gasteiger partial charge in [-0.05, 0) is 36.6 Å². The number of amidine groups is 1. The molecule has 0 amide bonds. The van der Waals surface area contributed by atoms with Crippen molar-refractivity contribution in [3.63, 3.8) is 0 Å². The van der Waals surface area contributed by atoms with E-state index in [1.807, 2.05) is 24.3 Å². The van der Waals surface area contributed by atoms with E-state index < -0.39 is 0 Å². The predicted octanol–water partition coefficient (Wildman–Crippen LogP) is 2.90. The average molecular weight is 270 g/mol. The van der Waals surface area contributed by atoms with Gasteiger partial charge in [0.2, 0.25) is 5.88 Å². The second-order valence-corrected chi connectivity index (χ2v) is 4.51. The SMILES string of the molecule is CCCCc1ccc(Oc2nnccc2C(=N)N)cc1. The molecule has 2 rings (SSSR count). The molecule has 20 heavy (non-hydrogen) atoms. The van der Waals surface area contributed by atoms with Crippen molar-refractivity contribution >= 4 is 5.84 Å². The van der Waals surface area contributed by atoms with Crippen molar-refractivity contribution in [3.8, 4) is 11.6 Å². The maximum absolute atomic E-state index is 7.48. The van der Waals surface area contributed by atoms with Crippen LogP contribution in [0.25, 0.3) is 0 Å². The van der Waals surface area contributed by atoms with Gasteiger partial charge in [0.1, 0.15) is 11.6 Å². The Hall–Kier alpha value is -2.43. The zero-order chi connectivity index (χ0) is 14.4. The quantitative estimate of drug-likeness (QED) is 0.624. The highest BCUT2D eigenvalue weighted by Gasteiger charge is 2.09. The number of ether oxygens (including phenoxy) is 1. The fourth-order valence-corrected chi connectivity index (χ4v) is 1.82. The van der Waals surface area contributed by atoms with Crippen LogP contribution in [0.2, 0.25) is 0 Å². The van der Waals surface area contributed by atoms with Crippen molar-refractivity contribution in [3.05, 3.63) is 47.7 Å². The van der Waals surface area contributed by atoms with Crippen LogP contribution >= 0.6 is 0 Å². The summed E-state index contributed by atoms with van der Waals surface area (Å²) in [5.41, 5.74) is 7.21. The summed E-state index contributed by atoms with van der Waals surface area (Å²) >= 11 is 0. The van der Waals surface area contributed by atoms with Crippen molar-refractivity contribution in [2.45, 2.75) is 26.2 Å². The lowest BCUT2D eigenvalue weighted by Crippen LogP contribution is -2.13. The monoisotopic (exact) mass is 270 g/mol. The number of aryl methyl sites for hydroxylation is 1. The molecule has 0 bridgehead atoms. The van der Waals surface area contributed by atoms with Gasteiger partial charge >= 0.3 is 0 Å². The summed E-state index contributed by atoms with van der Waals surface area (Å²) in [5, 5.41) is 15.1. The van der Waals surface area contributed by atoms with E-state index in [1.54, 1.807) is 6.07 Å². The van der Waals surface area contributed by atoms with Gasteiger partial charge in [0.05, 0.1) is 11.8 Å². The number of nitrogens with zero attached hydrogens (tertiary/aromatic N) is 2. The van der Waals surface area contributed by atoms with Crippen molar-refractivity contribution in [1.29, 1.82) is 5.41 Å². The van der Waals surface area contributed by atoms with Gasteiger partial charge in [0, 0.05) is 0 Å². The van der Waals surface area contributed by atoms with E-state index in [-0.39, 0.29) is 11.7 Å². The van der Waals surface area contributed by atoms with E-state index in [4.69, 9.17) is 15.9 Å². The molecule has 1 aromatic heterocycles. The summed E-state index contributed by atoms with van der Waals surface area (Å²) in [6.45, 7) is 2.18. The second kappa shape index (κ2) is 6.65. The normalized spacial score (nSPS) is 10.2. The van der Waals surface area contributed by atoms with Gasteiger partial charge in [0.15, 0.2) is 0 Å². The Balaban J connectivity index is 2.12. The largest absolute Gasteiger partial charge is 0.437 e. The van der Waals surface area contributed by atoms with Gasteiger partial charge in [-0.1, -0.05) is 25.5 Å². The highest BCUT2D eigenvalue weighted by Crippen LogP contribution is 2.22. The van der Waals surface area contributed by atoms with Crippen LogP contribution in [0.1, 0.15) is 30.9 Å². The van der Waals surface area contributed by atoms with E-state index in [9.17, 15) is 0 Å². The molecule has 0 atom stereocenters. The van der Waals surface area contributed by atoms with Gasteiger partial charge in [-0.25, -0.2) is 0 Å². The number of benzene rings is 1. The minimum Gasteiger partial charge on any atom is -0.437 e. The van der Waals surface area contributed by atoms with Crippen LogP contribution in [0.15, 0.2) is 36.5 Å². The molecule has 2 aromatic rings. The molecule has 0 saturated carbocycles. The molecular weight excluding hydrogens is 252 g/mol. The van der Waals surface area contributed by atoms with Crippen LogP contribution in [0.4, 0.5) is 0 Å². The zero-order valence-electron chi connectivity index (χ0n) is 11.5. The van der Waals surface area contributed by atoms with Crippen molar-refractivity contribution in [1.82, 2.24) is 10.2 Å². The number of nitrogens with two attached hydrogens (primary N) is 1. The third-order valence-corrected chi connectivity index (χ3v) is 2.93. The summed E-state index contributed by atoms with van der Waals surface area (Å²) < 4.78 is 5.64. The molecule has 3 N–H and O–H groups in total. The van der Waals surface area contributed by atoms with Crippen LogP contribution in [0.5, 0.6) is 11.6 Å². The molecule has 0 aliphatic rings. The molecule has 0 unspecified atom stereocenters. The highest BCUT2D eigenvalue weighted by molar-refractivity contribution is 5.96. The molecule has 0 fully saturated rings. The number of hydrogen-bond acceptors (Lipinski definition) is 4. The molecule has 0 aliphatic heterocycles. The third-order valence-electron chi connectivity index (χ3n) is 2.93. The molecule has 0 radical (unpaired) electrons. The summed E-state index contributed by atoms with van der Waals surface area (Å²) in [6.07, 6.45) is 4.91. The van der Waals surface area contributed by atoms with Gasteiger partial charge in [-0.3, -0.25) is 5.41 Å². The maximum Gasteiger partial charge on any atom is 0.249 e. The van der Waals surface area contributed by atoms with Crippen LogP contribution in [-0.4, -0.2) is 16.0 Å². The first-order valence-electron chi connectivity index (χ1n) is 6.63. The Labute approximate surface area is 118 Å². The number of nitrogen functional groups attached to an aromatic ring is 1. The average Bonchev–Trinajstić information content (AvgIpc) is 2.47. The Kier molecular flexibility index (Phi) is 4.65. The smallest absolute Gasteiger partial charge is 0.249 e. The molecule has 0 saturated heterocycles. The standard InChI is InChI=1S/C15H18N4O/c1-2-3-4-11-5-7-12(8-6-11)20-15-13(14(16)17)9-10-18-19-15/h5-10H,2-4H2,1H3,(H3,16,17). The van der Waals surface area contributed by atoms with E-state index in [0.29, 0.717) is 11.3 Å². The number of aromatic nitrogens is 2. The molecule has 0 spiro atoms. The molecule has 1 heterocycles. The summed E-state index contributed by atoms with van der Waals surface area (Å²) in [5.74, 6) is 0.823. The van der Waals surface area contributed by atoms with Crippen LogP contribution < -0.4 is 10.5 Å². The molecule has 5 heteroatoms. The predicted molar refractivity (Wildman–Crippen MR) is 78.2 cm³/mol. The number of unbranched alkanes of at least 4 members (excludes halogenated alkanes) is 1. The third kappa shape index (κ3) is 3.54. The second-order valence-electron chi connectivity index (χ2n) is 4.51. The Morgan fingerprint density at radius 2 is 2.00 bits per heavy atom. The van der Waals surface area contributed by atoms with Crippen LogP contribution in [-0.2, 0) is 6.42 Å². The van der Waals surface area contributed by atoms with Gasteiger partial charge < -0.3 is 10.5 Å². The van der Waals surface area contributed by atoms with Gasteiger partial charge in [-0.15, -0.1) is 5.10 Å². The van der Waals surface area contributed by atoms with Crippen LogP contribution in [0.3, 0.4) is 0 Å². The first-order valence-corrected chi connectivity index (χ1v) is 6.63. The fourth-order valence-electron chi connectivity index (χ4n) is 1.82. The lowest BCUT2D eigenvalue weighted by Gasteiger charge is -2.08. The minimum absolute atomic E-state index is 0.0885. The number of hydrogen-bond donors (Lipinski definition) is 2. The van der Waals surface area contributed by atoms with E-state index in [1.165, 1.54) is 24.6 Å². The van der Waals surface area contributed by atoms with Crippen molar-refractivity contribution in [2.75, 3.05) is 0 Å². The van der Waals surface area contributed by atoms with Gasteiger partial charge in [-0.2, -0.15) is 5.10 Å². The van der Waals surface area contributed by atoms with Crippen molar-refractivity contribution in [2.24, 2.45) is 5.73 Å². The Morgan fingerprint density at radius 3 is 2.65 bits per heavy atom. The van der Waals surface area contributed by atoms with Crippen molar-refractivity contribution < 1.29 is 4.74 Å². The van der Waals surface area contributed by atoms with E-state index in [2.05, 4.69) is 17.1 Å². The summed E-state index contributed by atoms with van der Waals surface area (Å²) in [7, 11) is 0. The van der Waals surface area contributed by atoms with Gasteiger partial charge in [0.25, 0.3) is 0 Å². The van der Waals surface area contributed by atoms with E-state index >= 15 is 0 Å². The highest BCUT2D eigenvalue weighted by atomic mass is 16.5. The summed E-state index contributed by atoms with van der Waals surface area (Å²) in [6, 6.07) is 9.47. The van der Waals surface area contributed by atoms with Crippen LogP contribution in [0, 0.1) is 5.41 Å². The minimum atomic E-state index is -0.0885.